The van der Waals surface area contributed by atoms with Gasteiger partial charge in [-0.05, 0) is 38.0 Å². The molecule has 0 aromatic heterocycles. The predicted molar refractivity (Wildman–Crippen MR) is 186 cm³/mol. The molecule has 0 aliphatic heterocycles. The van der Waals surface area contributed by atoms with Crippen LogP contribution in [0.25, 0.3) is 0 Å². The van der Waals surface area contributed by atoms with Crippen molar-refractivity contribution in [1.82, 2.24) is 31.9 Å². The smallest absolute Gasteiger partial charge is 0.328 e. The summed E-state index contributed by atoms with van der Waals surface area (Å²) in [5, 5.41) is 42.5. The third kappa shape index (κ3) is 18.8. The molecule has 0 spiro atoms. The van der Waals surface area contributed by atoms with E-state index in [-0.39, 0.29) is 37.2 Å². The molecule has 0 fully saturated rings. The SMILES string of the molecule is CC[C@H](C)C(NC(=O)[C@@H](CCCN=C(N)N)NC(=O)CCC(C)C)C(=O)N[C@H](C(=O)NCC(=O)N[C@@H](CC(N)=O)C(=O)N[C@@H](CO)C(=O)O)[C@H](C)O. The van der Waals surface area contributed by atoms with Crippen molar-refractivity contribution in [3.8, 4) is 0 Å². The van der Waals surface area contributed by atoms with E-state index in [1.165, 1.54) is 6.92 Å². The zero-order valence-electron chi connectivity index (χ0n) is 30.3. The Morgan fingerprint density at radius 3 is 1.79 bits per heavy atom. The van der Waals surface area contributed by atoms with Gasteiger partial charge in [-0.15, -0.1) is 0 Å². The van der Waals surface area contributed by atoms with Crippen LogP contribution in [-0.2, 0) is 38.4 Å². The van der Waals surface area contributed by atoms with Gasteiger partial charge in [-0.2, -0.15) is 0 Å². The summed E-state index contributed by atoms with van der Waals surface area (Å²) in [6, 6.07) is -7.33. The number of primary amides is 1. The van der Waals surface area contributed by atoms with E-state index in [1.807, 2.05) is 19.2 Å². The second-order valence-electron chi connectivity index (χ2n) is 12.7. The summed E-state index contributed by atoms with van der Waals surface area (Å²) < 4.78 is 0. The maximum atomic E-state index is 13.5. The average molecular weight is 745 g/mol. The van der Waals surface area contributed by atoms with E-state index < -0.39 is 103 Å². The molecule has 1 unspecified atom stereocenters. The van der Waals surface area contributed by atoms with Gasteiger partial charge in [-0.3, -0.25) is 38.6 Å². The van der Waals surface area contributed by atoms with Crippen molar-refractivity contribution in [3.05, 3.63) is 0 Å². The van der Waals surface area contributed by atoms with E-state index in [2.05, 4.69) is 31.6 Å². The second kappa shape index (κ2) is 24.2. The number of aliphatic hydroxyl groups is 2. The van der Waals surface area contributed by atoms with E-state index in [4.69, 9.17) is 27.4 Å². The Bertz CT molecular complexity index is 1270. The summed E-state index contributed by atoms with van der Waals surface area (Å²) in [5.74, 6) is -8.15. The molecule has 0 aromatic carbocycles. The Kier molecular flexibility index (Phi) is 21.8. The summed E-state index contributed by atoms with van der Waals surface area (Å²) in [5.41, 5.74) is 15.9. The normalized spacial score (nSPS) is 14.9. The summed E-state index contributed by atoms with van der Waals surface area (Å²) in [6.07, 6.45) is -0.668. The van der Waals surface area contributed by atoms with Crippen molar-refractivity contribution >= 4 is 53.3 Å². The third-order valence-electron chi connectivity index (χ3n) is 7.68. The van der Waals surface area contributed by atoms with Gasteiger partial charge in [-0.25, -0.2) is 4.79 Å². The Hall–Kier alpha value is -5.05. The lowest BCUT2D eigenvalue weighted by molar-refractivity contribution is -0.143. The number of rotatable bonds is 25. The highest BCUT2D eigenvalue weighted by atomic mass is 16.4. The Labute approximate surface area is 302 Å². The highest BCUT2D eigenvalue weighted by molar-refractivity contribution is 5.97. The zero-order chi connectivity index (χ0) is 40.1. The molecule has 296 valence electrons. The van der Waals surface area contributed by atoms with Crippen molar-refractivity contribution in [1.29, 1.82) is 0 Å². The number of guanidine groups is 1. The molecular weight excluding hydrogens is 688 g/mol. The van der Waals surface area contributed by atoms with Crippen LogP contribution in [0, 0.1) is 11.8 Å². The molecule has 0 aliphatic rings. The summed E-state index contributed by atoms with van der Waals surface area (Å²) in [7, 11) is 0. The number of carbonyl (C=O) groups excluding carboxylic acids is 7. The van der Waals surface area contributed by atoms with Crippen LogP contribution in [0.3, 0.4) is 0 Å². The van der Waals surface area contributed by atoms with Crippen molar-refractivity contribution in [3.63, 3.8) is 0 Å². The van der Waals surface area contributed by atoms with Gasteiger partial charge in [0.05, 0.1) is 25.7 Å². The highest BCUT2D eigenvalue weighted by Gasteiger charge is 2.34. The number of nitrogens with one attached hydrogen (secondary N) is 6. The van der Waals surface area contributed by atoms with E-state index >= 15 is 0 Å². The summed E-state index contributed by atoms with van der Waals surface area (Å²) in [4.78, 5) is 104. The van der Waals surface area contributed by atoms with Gasteiger partial charge in [0, 0.05) is 13.0 Å². The van der Waals surface area contributed by atoms with Gasteiger partial charge < -0.3 is 64.4 Å². The first-order chi connectivity index (χ1) is 24.2. The molecule has 0 heterocycles. The fourth-order valence-corrected chi connectivity index (χ4v) is 4.45. The Morgan fingerprint density at radius 1 is 0.712 bits per heavy atom. The molecule has 0 saturated carbocycles. The van der Waals surface area contributed by atoms with E-state index in [0.717, 1.165) is 0 Å². The Balaban J connectivity index is 5.80. The van der Waals surface area contributed by atoms with Crippen LogP contribution in [-0.4, -0.2) is 125 Å². The van der Waals surface area contributed by atoms with Gasteiger partial charge >= 0.3 is 5.97 Å². The van der Waals surface area contributed by atoms with Gasteiger partial charge in [-0.1, -0.05) is 34.1 Å². The summed E-state index contributed by atoms with van der Waals surface area (Å²) in [6.45, 7) is 6.87. The van der Waals surface area contributed by atoms with Crippen molar-refractivity contribution in [2.75, 3.05) is 19.7 Å². The largest absolute Gasteiger partial charge is 0.480 e. The molecule has 21 nitrogen and oxygen atoms in total. The minimum Gasteiger partial charge on any atom is -0.480 e. The number of carboxylic acid groups (broad SMARTS) is 1. The number of carboxylic acids is 1. The summed E-state index contributed by atoms with van der Waals surface area (Å²) >= 11 is 0. The van der Waals surface area contributed by atoms with Crippen LogP contribution < -0.4 is 49.1 Å². The Morgan fingerprint density at radius 2 is 1.29 bits per heavy atom. The van der Waals surface area contributed by atoms with Crippen LogP contribution >= 0.6 is 0 Å². The number of hydrogen-bond acceptors (Lipinski definition) is 11. The first-order valence-electron chi connectivity index (χ1n) is 16.9. The minimum atomic E-state index is -1.74. The predicted octanol–water partition coefficient (Wildman–Crippen LogP) is -4.60. The average Bonchev–Trinajstić information content (AvgIpc) is 3.05. The lowest BCUT2D eigenvalue weighted by Gasteiger charge is -2.29. The molecule has 21 heteroatoms. The topological polar surface area (TPSA) is 360 Å². The third-order valence-corrected chi connectivity index (χ3v) is 7.68. The highest BCUT2D eigenvalue weighted by Crippen LogP contribution is 2.11. The molecule has 52 heavy (non-hydrogen) atoms. The van der Waals surface area contributed by atoms with E-state index in [0.29, 0.717) is 19.3 Å². The molecule has 0 aromatic rings. The number of hydrogen-bond donors (Lipinski definition) is 12. The van der Waals surface area contributed by atoms with E-state index in [9.17, 15) is 43.5 Å². The molecule has 7 atom stereocenters. The molecule has 0 bridgehead atoms. The number of aliphatic hydroxyl groups excluding tert-OH is 2. The van der Waals surface area contributed by atoms with Gasteiger partial charge in [0.15, 0.2) is 5.96 Å². The lowest BCUT2D eigenvalue weighted by Crippen LogP contribution is -2.61. The lowest BCUT2D eigenvalue weighted by atomic mass is 9.96. The van der Waals surface area contributed by atoms with Crippen LogP contribution in [0.1, 0.15) is 73.1 Å². The molecule has 0 rings (SSSR count). The number of amides is 7. The van der Waals surface area contributed by atoms with Crippen LogP contribution in [0.2, 0.25) is 0 Å². The molecule has 7 amide bonds. The van der Waals surface area contributed by atoms with Crippen molar-refractivity contribution in [2.45, 2.75) is 109 Å². The molecule has 0 saturated heterocycles. The maximum Gasteiger partial charge on any atom is 0.328 e. The number of nitrogens with zero attached hydrogens (tertiary/aromatic N) is 1. The van der Waals surface area contributed by atoms with Gasteiger partial charge in [0.25, 0.3) is 0 Å². The van der Waals surface area contributed by atoms with Crippen LogP contribution in [0.5, 0.6) is 0 Å². The number of nitrogens with two attached hydrogens (primary N) is 3. The quantitative estimate of drug-likeness (QED) is 0.0238. The fraction of sp³-hybridized carbons (Fsp3) is 0.710. The standard InChI is InChI=1S/C31H56N10O11/c1-6-16(4)24(40-26(47)18(8-7-11-35-31(33)34)37-22(45)10-9-15(2)3)29(50)41-25(17(5)43)28(49)36-13-23(46)38-19(12-21(32)44)27(48)39-20(14-42)30(51)52/h15-20,24-25,42-43H,6-14H2,1-5H3,(H2,32,44)(H,36,49)(H,37,45)(H,38,46)(H,39,48)(H,40,47)(H,41,50)(H,51,52)(H4,33,34,35)/t16-,17-,18+,19-,20-,24?,25-/m0/s1. The van der Waals surface area contributed by atoms with Gasteiger partial charge in [0.1, 0.15) is 30.2 Å². The van der Waals surface area contributed by atoms with Crippen molar-refractivity contribution in [2.24, 2.45) is 34.0 Å². The van der Waals surface area contributed by atoms with Gasteiger partial charge in [0.2, 0.25) is 41.4 Å². The molecule has 15 N–H and O–H groups in total. The van der Waals surface area contributed by atoms with Crippen molar-refractivity contribution < 1.29 is 53.7 Å². The monoisotopic (exact) mass is 744 g/mol. The van der Waals surface area contributed by atoms with E-state index in [1.54, 1.807) is 13.8 Å². The molecule has 0 radical (unpaired) electrons. The number of aliphatic imine (C=N–C) groups is 1. The minimum absolute atomic E-state index is 0.134. The maximum absolute atomic E-state index is 13.5. The first-order valence-corrected chi connectivity index (χ1v) is 16.9. The number of aliphatic carboxylic acids is 1. The first kappa shape index (κ1) is 46.9. The number of carbonyl (C=O) groups is 8. The molecule has 0 aliphatic carbocycles. The fourth-order valence-electron chi connectivity index (χ4n) is 4.45. The zero-order valence-corrected chi connectivity index (χ0v) is 30.3. The van der Waals surface area contributed by atoms with Crippen LogP contribution in [0.15, 0.2) is 4.99 Å². The molecular formula is C31H56N10O11. The van der Waals surface area contributed by atoms with Crippen LogP contribution in [0.4, 0.5) is 0 Å². The second-order valence-corrected chi connectivity index (χ2v) is 12.7.